The summed E-state index contributed by atoms with van der Waals surface area (Å²) < 4.78 is 5.20. The van der Waals surface area contributed by atoms with Crippen LogP contribution in [0.5, 0.6) is 0 Å². The molecule has 30 heavy (non-hydrogen) atoms. The van der Waals surface area contributed by atoms with Gasteiger partial charge in [0.1, 0.15) is 5.60 Å². The Morgan fingerprint density at radius 2 is 1.60 bits per heavy atom. The second-order valence-corrected chi connectivity index (χ2v) is 8.35. The fourth-order valence-electron chi connectivity index (χ4n) is 2.73. The van der Waals surface area contributed by atoms with E-state index in [2.05, 4.69) is 16.0 Å². The number of nitrogens with one attached hydrogen (secondary N) is 3. The van der Waals surface area contributed by atoms with E-state index in [1.807, 2.05) is 0 Å². The van der Waals surface area contributed by atoms with Crippen LogP contribution in [0.3, 0.4) is 0 Å². The van der Waals surface area contributed by atoms with Gasteiger partial charge in [-0.25, -0.2) is 4.79 Å². The van der Waals surface area contributed by atoms with Gasteiger partial charge in [0.05, 0.1) is 0 Å². The molecule has 7 heteroatoms. The number of amides is 3. The molecule has 0 bridgehead atoms. The molecular weight excluding hydrogens is 382 g/mol. The van der Waals surface area contributed by atoms with Crippen LogP contribution < -0.4 is 16.0 Å². The molecule has 0 spiro atoms. The second-order valence-electron chi connectivity index (χ2n) is 8.35. The lowest BCUT2D eigenvalue weighted by atomic mass is 10.1. The van der Waals surface area contributed by atoms with Crippen molar-refractivity contribution in [3.8, 4) is 0 Å². The van der Waals surface area contributed by atoms with E-state index in [9.17, 15) is 14.4 Å². The van der Waals surface area contributed by atoms with E-state index >= 15 is 0 Å². The molecule has 0 unspecified atom stereocenters. The molecule has 158 valence electrons. The summed E-state index contributed by atoms with van der Waals surface area (Å²) in [6, 6.07) is 14.0. The summed E-state index contributed by atoms with van der Waals surface area (Å²) >= 11 is 0. The van der Waals surface area contributed by atoms with Gasteiger partial charge in [-0.3, -0.25) is 9.59 Å². The molecule has 3 amide bonds. The summed E-state index contributed by atoms with van der Waals surface area (Å²) in [5.41, 5.74) is 2.05. The predicted molar refractivity (Wildman–Crippen MR) is 115 cm³/mol. The molecule has 3 rings (SSSR count). The summed E-state index contributed by atoms with van der Waals surface area (Å²) in [4.78, 5) is 36.1. The molecule has 2 aromatic carbocycles. The minimum Gasteiger partial charge on any atom is -0.444 e. The van der Waals surface area contributed by atoms with Gasteiger partial charge in [-0.1, -0.05) is 18.2 Å². The number of hydrogen-bond acceptors (Lipinski definition) is 4. The van der Waals surface area contributed by atoms with E-state index in [4.69, 9.17) is 4.74 Å². The Bertz CT molecular complexity index is 928. The quantitative estimate of drug-likeness (QED) is 0.662. The number of benzene rings is 2. The van der Waals surface area contributed by atoms with Crippen LogP contribution in [0.15, 0.2) is 48.5 Å². The second kappa shape index (κ2) is 8.98. The first-order valence-electron chi connectivity index (χ1n) is 9.98. The van der Waals surface area contributed by atoms with Gasteiger partial charge in [-0.05, 0) is 69.5 Å². The van der Waals surface area contributed by atoms with Crippen LogP contribution in [0.2, 0.25) is 0 Å². The van der Waals surface area contributed by atoms with Crippen LogP contribution in [0.25, 0.3) is 0 Å². The van der Waals surface area contributed by atoms with Crippen molar-refractivity contribution < 1.29 is 19.1 Å². The minimum absolute atomic E-state index is 0.0223. The highest BCUT2D eigenvalue weighted by Gasteiger charge is 2.29. The van der Waals surface area contributed by atoms with Gasteiger partial charge in [-0.2, -0.15) is 0 Å². The fraction of sp³-hybridized carbons (Fsp3) is 0.348. The summed E-state index contributed by atoms with van der Waals surface area (Å²) in [5.74, 6) is -0.118. The molecule has 3 N–H and O–H groups in total. The Morgan fingerprint density at radius 3 is 2.20 bits per heavy atom. The van der Waals surface area contributed by atoms with E-state index in [1.165, 1.54) is 0 Å². The van der Waals surface area contributed by atoms with E-state index in [-0.39, 0.29) is 17.7 Å². The molecule has 1 aliphatic carbocycles. The molecule has 0 heterocycles. The average molecular weight is 409 g/mol. The molecule has 2 aromatic rings. The molecule has 0 aromatic heterocycles. The maximum absolute atomic E-state index is 12.5. The number of hydrogen-bond donors (Lipinski definition) is 3. The molecule has 0 aliphatic heterocycles. The fourth-order valence-corrected chi connectivity index (χ4v) is 2.73. The summed E-state index contributed by atoms with van der Waals surface area (Å²) in [7, 11) is 0. The van der Waals surface area contributed by atoms with Gasteiger partial charge in [0.2, 0.25) is 5.91 Å². The van der Waals surface area contributed by atoms with Crippen molar-refractivity contribution in [2.24, 2.45) is 5.92 Å². The van der Waals surface area contributed by atoms with Crippen LogP contribution in [-0.4, -0.2) is 23.5 Å². The van der Waals surface area contributed by atoms with Crippen LogP contribution in [0.4, 0.5) is 16.2 Å². The van der Waals surface area contributed by atoms with Crippen molar-refractivity contribution in [1.82, 2.24) is 5.32 Å². The van der Waals surface area contributed by atoms with Gasteiger partial charge in [0, 0.05) is 29.4 Å². The van der Waals surface area contributed by atoms with Crippen LogP contribution in [-0.2, 0) is 16.1 Å². The first-order valence-corrected chi connectivity index (χ1v) is 9.98. The maximum Gasteiger partial charge on any atom is 0.407 e. The first kappa shape index (κ1) is 21.4. The van der Waals surface area contributed by atoms with Gasteiger partial charge < -0.3 is 20.7 Å². The Morgan fingerprint density at radius 1 is 0.967 bits per heavy atom. The lowest BCUT2D eigenvalue weighted by molar-refractivity contribution is -0.117. The largest absolute Gasteiger partial charge is 0.444 e. The van der Waals surface area contributed by atoms with E-state index in [0.29, 0.717) is 23.5 Å². The van der Waals surface area contributed by atoms with Crippen LogP contribution in [0.1, 0.15) is 49.5 Å². The van der Waals surface area contributed by atoms with Crippen molar-refractivity contribution in [1.29, 1.82) is 0 Å². The highest BCUT2D eigenvalue weighted by molar-refractivity contribution is 6.04. The Kier molecular flexibility index (Phi) is 6.40. The van der Waals surface area contributed by atoms with E-state index in [1.54, 1.807) is 69.3 Å². The number of carbonyl (C=O) groups excluding carboxylic acids is 3. The zero-order valence-corrected chi connectivity index (χ0v) is 17.5. The topological polar surface area (TPSA) is 96.5 Å². The average Bonchev–Trinajstić information content (AvgIpc) is 3.51. The summed E-state index contributed by atoms with van der Waals surface area (Å²) in [6.45, 7) is 5.71. The number of alkyl carbamates (subject to hydrolysis) is 1. The normalized spacial score (nSPS) is 13.3. The van der Waals surface area contributed by atoms with Crippen LogP contribution >= 0.6 is 0 Å². The standard InChI is InChI=1S/C23H27N3O4/c1-23(2,3)30-22(29)24-14-15-7-9-16(10-8-15)20(27)25-18-5-4-6-19(13-18)26-21(28)17-11-12-17/h4-10,13,17H,11-12,14H2,1-3H3,(H,24,29)(H,25,27)(H,26,28). The van der Waals surface area contributed by atoms with Gasteiger partial charge in [0.15, 0.2) is 0 Å². The third-order valence-electron chi connectivity index (χ3n) is 4.39. The molecule has 0 radical (unpaired) electrons. The summed E-state index contributed by atoms with van der Waals surface area (Å²) in [6.07, 6.45) is 1.38. The van der Waals surface area contributed by atoms with Gasteiger partial charge in [-0.15, -0.1) is 0 Å². The molecule has 1 saturated carbocycles. The predicted octanol–water partition coefficient (Wildman–Crippen LogP) is 4.31. The van der Waals surface area contributed by atoms with Crippen molar-refractivity contribution in [3.63, 3.8) is 0 Å². The summed E-state index contributed by atoms with van der Waals surface area (Å²) in [5, 5.41) is 8.38. The highest BCUT2D eigenvalue weighted by atomic mass is 16.6. The van der Waals surface area contributed by atoms with Crippen molar-refractivity contribution in [3.05, 3.63) is 59.7 Å². The lowest BCUT2D eigenvalue weighted by Gasteiger charge is -2.19. The molecule has 1 aliphatic rings. The zero-order valence-electron chi connectivity index (χ0n) is 17.5. The van der Waals surface area contributed by atoms with Crippen LogP contribution in [0, 0.1) is 5.92 Å². The molecule has 7 nitrogen and oxygen atoms in total. The van der Waals surface area contributed by atoms with Crippen molar-refractivity contribution >= 4 is 29.3 Å². The number of ether oxygens (including phenoxy) is 1. The maximum atomic E-state index is 12.5. The van der Waals surface area contributed by atoms with Gasteiger partial charge in [0.25, 0.3) is 5.91 Å². The molecule has 0 atom stereocenters. The highest BCUT2D eigenvalue weighted by Crippen LogP contribution is 2.30. The molecule has 0 saturated heterocycles. The molecular formula is C23H27N3O4. The van der Waals surface area contributed by atoms with Crippen molar-refractivity contribution in [2.75, 3.05) is 10.6 Å². The SMILES string of the molecule is CC(C)(C)OC(=O)NCc1ccc(C(=O)Nc2cccc(NC(=O)C3CC3)c2)cc1. The number of rotatable bonds is 6. The Hall–Kier alpha value is -3.35. The van der Waals surface area contributed by atoms with Gasteiger partial charge >= 0.3 is 6.09 Å². The zero-order chi connectivity index (χ0) is 21.7. The minimum atomic E-state index is -0.552. The third kappa shape index (κ3) is 6.62. The lowest BCUT2D eigenvalue weighted by Crippen LogP contribution is -2.32. The van der Waals surface area contributed by atoms with E-state index in [0.717, 1.165) is 18.4 Å². The third-order valence-corrected chi connectivity index (χ3v) is 4.39. The first-order chi connectivity index (χ1) is 14.2. The smallest absolute Gasteiger partial charge is 0.407 e. The van der Waals surface area contributed by atoms with Crippen molar-refractivity contribution in [2.45, 2.75) is 45.8 Å². The van der Waals surface area contributed by atoms with E-state index < -0.39 is 11.7 Å². The molecule has 1 fully saturated rings. The monoisotopic (exact) mass is 409 g/mol. The Balaban J connectivity index is 1.53. The number of carbonyl (C=O) groups is 3. The number of anilines is 2. The Labute approximate surface area is 176 Å².